The zero-order chi connectivity index (χ0) is 18.1. The SMILES string of the molecule is CN(CCO)c1ccc(/C=N\NC(=O)COc2ccccc2F)cc1. The van der Waals surface area contributed by atoms with Crippen LogP contribution in [0.5, 0.6) is 5.75 Å². The predicted molar refractivity (Wildman–Crippen MR) is 94.4 cm³/mol. The summed E-state index contributed by atoms with van der Waals surface area (Å²) >= 11 is 0. The van der Waals surface area contributed by atoms with Crippen LogP contribution in [0.1, 0.15) is 5.56 Å². The Labute approximate surface area is 145 Å². The number of halogens is 1. The van der Waals surface area contributed by atoms with Gasteiger partial charge in [-0.05, 0) is 29.8 Å². The Morgan fingerprint density at radius 3 is 2.68 bits per heavy atom. The van der Waals surface area contributed by atoms with Crippen LogP contribution in [-0.4, -0.2) is 44.0 Å². The highest BCUT2D eigenvalue weighted by atomic mass is 19.1. The van der Waals surface area contributed by atoms with E-state index in [0.717, 1.165) is 11.3 Å². The monoisotopic (exact) mass is 345 g/mol. The molecule has 132 valence electrons. The van der Waals surface area contributed by atoms with Crippen LogP contribution in [0, 0.1) is 5.82 Å². The molecular weight excluding hydrogens is 325 g/mol. The molecule has 2 rings (SSSR count). The quantitative estimate of drug-likeness (QED) is 0.565. The van der Waals surface area contributed by atoms with Crippen LogP contribution in [0.2, 0.25) is 0 Å². The molecule has 0 aromatic heterocycles. The van der Waals surface area contributed by atoms with Gasteiger partial charge < -0.3 is 14.7 Å². The van der Waals surface area contributed by atoms with E-state index in [1.165, 1.54) is 18.3 Å². The summed E-state index contributed by atoms with van der Waals surface area (Å²) in [4.78, 5) is 13.5. The number of ether oxygens (including phenoxy) is 1. The van der Waals surface area contributed by atoms with Crippen LogP contribution < -0.4 is 15.1 Å². The number of rotatable bonds is 8. The van der Waals surface area contributed by atoms with Gasteiger partial charge in [0.15, 0.2) is 18.2 Å². The maximum absolute atomic E-state index is 13.3. The van der Waals surface area contributed by atoms with Gasteiger partial charge in [-0.2, -0.15) is 5.10 Å². The van der Waals surface area contributed by atoms with E-state index < -0.39 is 11.7 Å². The molecule has 0 saturated carbocycles. The van der Waals surface area contributed by atoms with Crippen molar-refractivity contribution in [3.05, 3.63) is 59.9 Å². The Balaban J connectivity index is 1.80. The van der Waals surface area contributed by atoms with E-state index in [9.17, 15) is 9.18 Å². The number of hydrogen-bond acceptors (Lipinski definition) is 5. The van der Waals surface area contributed by atoms with E-state index >= 15 is 0 Å². The van der Waals surface area contributed by atoms with Gasteiger partial charge in [-0.1, -0.05) is 24.3 Å². The van der Waals surface area contributed by atoms with Crippen molar-refractivity contribution in [1.82, 2.24) is 5.43 Å². The van der Waals surface area contributed by atoms with E-state index in [1.807, 2.05) is 36.2 Å². The molecule has 7 heteroatoms. The highest BCUT2D eigenvalue weighted by Crippen LogP contribution is 2.15. The largest absolute Gasteiger partial charge is 0.481 e. The van der Waals surface area contributed by atoms with Gasteiger partial charge in [0, 0.05) is 19.3 Å². The van der Waals surface area contributed by atoms with Crippen molar-refractivity contribution in [2.75, 3.05) is 31.7 Å². The first kappa shape index (κ1) is 18.4. The lowest BCUT2D eigenvalue weighted by molar-refractivity contribution is -0.123. The molecule has 25 heavy (non-hydrogen) atoms. The Bertz CT molecular complexity index is 720. The van der Waals surface area contributed by atoms with E-state index in [4.69, 9.17) is 9.84 Å². The van der Waals surface area contributed by atoms with Crippen LogP contribution in [0.4, 0.5) is 10.1 Å². The molecule has 2 aromatic carbocycles. The first-order valence-corrected chi connectivity index (χ1v) is 7.71. The Morgan fingerprint density at radius 2 is 2.00 bits per heavy atom. The minimum atomic E-state index is -0.523. The van der Waals surface area contributed by atoms with Crippen molar-refractivity contribution in [2.24, 2.45) is 5.10 Å². The maximum Gasteiger partial charge on any atom is 0.277 e. The summed E-state index contributed by atoms with van der Waals surface area (Å²) < 4.78 is 18.4. The van der Waals surface area contributed by atoms with Crippen LogP contribution in [0.15, 0.2) is 53.6 Å². The third kappa shape index (κ3) is 5.89. The number of nitrogens with one attached hydrogen (secondary N) is 1. The fourth-order valence-electron chi connectivity index (χ4n) is 2.01. The Hall–Kier alpha value is -2.93. The molecular formula is C18H20FN3O3. The van der Waals surface area contributed by atoms with E-state index in [2.05, 4.69) is 10.5 Å². The van der Waals surface area contributed by atoms with Crippen molar-refractivity contribution < 1.29 is 19.0 Å². The molecule has 1 amide bonds. The number of nitrogens with zero attached hydrogens (tertiary/aromatic N) is 2. The molecule has 0 heterocycles. The van der Waals surface area contributed by atoms with Crippen molar-refractivity contribution in [1.29, 1.82) is 0 Å². The molecule has 0 bridgehead atoms. The predicted octanol–water partition coefficient (Wildman–Crippen LogP) is 1.78. The van der Waals surface area contributed by atoms with Gasteiger partial charge in [0.1, 0.15) is 0 Å². The average molecular weight is 345 g/mol. The Kier molecular flexibility index (Phi) is 6.91. The molecule has 2 N–H and O–H groups in total. The number of anilines is 1. The smallest absolute Gasteiger partial charge is 0.277 e. The van der Waals surface area contributed by atoms with E-state index in [0.29, 0.717) is 6.54 Å². The van der Waals surface area contributed by atoms with Gasteiger partial charge in [-0.15, -0.1) is 0 Å². The lowest BCUT2D eigenvalue weighted by Gasteiger charge is -2.17. The molecule has 0 radical (unpaired) electrons. The summed E-state index contributed by atoms with van der Waals surface area (Å²) in [5.41, 5.74) is 4.09. The van der Waals surface area contributed by atoms with Gasteiger partial charge in [-0.25, -0.2) is 9.82 Å². The van der Waals surface area contributed by atoms with Crippen molar-refractivity contribution in [3.63, 3.8) is 0 Å². The number of hydrazone groups is 1. The topological polar surface area (TPSA) is 74.2 Å². The second-order valence-corrected chi connectivity index (χ2v) is 5.25. The molecule has 2 aromatic rings. The van der Waals surface area contributed by atoms with Crippen molar-refractivity contribution in [2.45, 2.75) is 0 Å². The molecule has 0 aliphatic carbocycles. The standard InChI is InChI=1S/C18H20FN3O3/c1-22(10-11-23)15-8-6-14(7-9-15)12-20-21-18(24)13-25-17-5-3-2-4-16(17)19/h2-9,12,23H,10-11,13H2,1H3,(H,21,24)/b20-12-. The van der Waals surface area contributed by atoms with E-state index in [1.54, 1.807) is 12.1 Å². The number of aliphatic hydroxyl groups is 1. The average Bonchev–Trinajstić information content (AvgIpc) is 2.62. The second-order valence-electron chi connectivity index (χ2n) is 5.25. The zero-order valence-corrected chi connectivity index (χ0v) is 13.9. The first-order valence-electron chi connectivity index (χ1n) is 7.71. The maximum atomic E-state index is 13.3. The molecule has 0 spiro atoms. The first-order chi connectivity index (χ1) is 12.1. The summed E-state index contributed by atoms with van der Waals surface area (Å²) in [7, 11) is 1.88. The normalized spacial score (nSPS) is 10.7. The van der Waals surface area contributed by atoms with Gasteiger partial charge in [-0.3, -0.25) is 4.79 Å². The van der Waals surface area contributed by atoms with Crippen LogP contribution in [0.3, 0.4) is 0 Å². The second kappa shape index (κ2) is 9.39. The van der Waals surface area contributed by atoms with Gasteiger partial charge >= 0.3 is 0 Å². The molecule has 6 nitrogen and oxygen atoms in total. The van der Waals surface area contributed by atoms with E-state index in [-0.39, 0.29) is 19.0 Å². The van der Waals surface area contributed by atoms with Crippen molar-refractivity contribution in [3.8, 4) is 5.75 Å². The lowest BCUT2D eigenvalue weighted by atomic mass is 10.2. The number of carbonyl (C=O) groups excluding carboxylic acids is 1. The fourth-order valence-corrected chi connectivity index (χ4v) is 2.01. The van der Waals surface area contributed by atoms with Crippen LogP contribution in [0.25, 0.3) is 0 Å². The zero-order valence-electron chi connectivity index (χ0n) is 13.9. The van der Waals surface area contributed by atoms with Crippen LogP contribution in [-0.2, 0) is 4.79 Å². The number of carbonyl (C=O) groups is 1. The minimum absolute atomic E-state index is 0.0178. The third-order valence-electron chi connectivity index (χ3n) is 3.37. The highest BCUT2D eigenvalue weighted by Gasteiger charge is 2.05. The van der Waals surface area contributed by atoms with Crippen LogP contribution >= 0.6 is 0 Å². The summed E-state index contributed by atoms with van der Waals surface area (Å²) in [5.74, 6) is -0.993. The molecule has 0 atom stereocenters. The fraction of sp³-hybridized carbons (Fsp3) is 0.222. The molecule has 0 saturated heterocycles. The lowest BCUT2D eigenvalue weighted by Crippen LogP contribution is -2.24. The van der Waals surface area contributed by atoms with Gasteiger partial charge in [0.2, 0.25) is 0 Å². The Morgan fingerprint density at radius 1 is 1.28 bits per heavy atom. The molecule has 0 aliphatic heterocycles. The molecule has 0 fully saturated rings. The number of aliphatic hydroxyl groups excluding tert-OH is 1. The summed E-state index contributed by atoms with van der Waals surface area (Å²) in [6, 6.07) is 13.3. The molecule has 0 unspecified atom stereocenters. The minimum Gasteiger partial charge on any atom is -0.481 e. The number of para-hydroxylation sites is 1. The highest BCUT2D eigenvalue weighted by molar-refractivity contribution is 5.83. The summed E-state index contributed by atoms with van der Waals surface area (Å²) in [5, 5.41) is 12.8. The third-order valence-corrected chi connectivity index (χ3v) is 3.37. The summed E-state index contributed by atoms with van der Waals surface area (Å²) in [6.07, 6.45) is 1.50. The number of benzene rings is 2. The van der Waals surface area contributed by atoms with Gasteiger partial charge in [0.05, 0.1) is 12.8 Å². The number of amides is 1. The number of likely N-dealkylation sites (N-methyl/N-ethyl adjacent to an activating group) is 1. The van der Waals surface area contributed by atoms with Crippen molar-refractivity contribution >= 4 is 17.8 Å². The van der Waals surface area contributed by atoms with Gasteiger partial charge in [0.25, 0.3) is 5.91 Å². The summed E-state index contributed by atoms with van der Waals surface area (Å²) in [6.45, 7) is 0.301. The number of hydrogen-bond donors (Lipinski definition) is 2. The molecule has 0 aliphatic rings.